The SMILES string of the molecule is CN(C)C(=O)c1ccc(C(=O)NCCOc2cccc(C(=N)N)c2)c(OC(=O)C(F)(F)F)c1. The number of halogens is 3. The van der Waals surface area contributed by atoms with E-state index in [1.165, 1.54) is 31.1 Å². The molecule has 0 unspecified atom stereocenters. The number of amides is 2. The number of benzene rings is 2. The molecule has 0 radical (unpaired) electrons. The highest BCUT2D eigenvalue weighted by Gasteiger charge is 2.42. The maximum atomic E-state index is 12.7. The van der Waals surface area contributed by atoms with E-state index in [0.29, 0.717) is 11.3 Å². The van der Waals surface area contributed by atoms with Crippen molar-refractivity contribution in [1.29, 1.82) is 5.41 Å². The number of hydrogen-bond donors (Lipinski definition) is 3. The first-order chi connectivity index (χ1) is 15.4. The fourth-order valence-electron chi connectivity index (χ4n) is 2.53. The van der Waals surface area contributed by atoms with Gasteiger partial charge in [0.2, 0.25) is 0 Å². The number of nitrogens with two attached hydrogens (primary N) is 1. The van der Waals surface area contributed by atoms with Gasteiger partial charge in [-0.2, -0.15) is 13.2 Å². The largest absolute Gasteiger partial charge is 0.492 e. The molecule has 0 aliphatic heterocycles. The molecule has 0 saturated heterocycles. The number of nitrogen functional groups attached to an aromatic ring is 1. The quantitative estimate of drug-likeness (QED) is 0.179. The van der Waals surface area contributed by atoms with Crippen molar-refractivity contribution in [2.75, 3.05) is 27.2 Å². The van der Waals surface area contributed by atoms with Gasteiger partial charge in [0, 0.05) is 25.2 Å². The molecule has 0 bridgehead atoms. The van der Waals surface area contributed by atoms with Gasteiger partial charge in [-0.05, 0) is 30.3 Å². The minimum absolute atomic E-state index is 0.0119. The lowest BCUT2D eigenvalue weighted by atomic mass is 10.1. The highest BCUT2D eigenvalue weighted by molar-refractivity contribution is 6.01. The first-order valence-corrected chi connectivity index (χ1v) is 9.40. The highest BCUT2D eigenvalue weighted by atomic mass is 19.4. The van der Waals surface area contributed by atoms with Gasteiger partial charge in [0.05, 0.1) is 12.1 Å². The molecule has 4 N–H and O–H groups in total. The second kappa shape index (κ2) is 10.5. The predicted molar refractivity (Wildman–Crippen MR) is 111 cm³/mol. The third kappa shape index (κ3) is 6.95. The van der Waals surface area contributed by atoms with Gasteiger partial charge in [-0.3, -0.25) is 15.0 Å². The summed E-state index contributed by atoms with van der Waals surface area (Å²) in [6.07, 6.45) is -5.29. The van der Waals surface area contributed by atoms with Crippen LogP contribution in [0.25, 0.3) is 0 Å². The van der Waals surface area contributed by atoms with E-state index in [2.05, 4.69) is 10.1 Å². The minimum Gasteiger partial charge on any atom is -0.492 e. The summed E-state index contributed by atoms with van der Waals surface area (Å²) in [5, 5.41) is 9.84. The molecule has 33 heavy (non-hydrogen) atoms. The van der Waals surface area contributed by atoms with Gasteiger partial charge in [0.1, 0.15) is 23.9 Å². The number of amidine groups is 1. The smallest absolute Gasteiger partial charge is 0.491 e. The number of hydrogen-bond acceptors (Lipinski definition) is 6. The van der Waals surface area contributed by atoms with Crippen molar-refractivity contribution in [3.05, 3.63) is 59.2 Å². The fourth-order valence-corrected chi connectivity index (χ4v) is 2.53. The van der Waals surface area contributed by atoms with E-state index in [1.807, 2.05) is 0 Å². The van der Waals surface area contributed by atoms with E-state index >= 15 is 0 Å². The molecule has 0 aliphatic carbocycles. The highest BCUT2D eigenvalue weighted by Crippen LogP contribution is 2.25. The second-order valence-corrected chi connectivity index (χ2v) is 6.84. The van der Waals surface area contributed by atoms with Crippen LogP contribution < -0.4 is 20.5 Å². The Balaban J connectivity index is 2.12. The molecule has 0 fully saturated rings. The normalized spacial score (nSPS) is 10.8. The summed E-state index contributed by atoms with van der Waals surface area (Å²) in [5.74, 6) is -4.40. The molecule has 2 rings (SSSR count). The molecule has 2 aromatic carbocycles. The summed E-state index contributed by atoms with van der Waals surface area (Å²) in [4.78, 5) is 37.1. The van der Waals surface area contributed by atoms with E-state index in [0.717, 1.165) is 12.1 Å². The molecule has 0 aromatic heterocycles. The van der Waals surface area contributed by atoms with Crippen molar-refractivity contribution in [3.8, 4) is 11.5 Å². The molecule has 0 atom stereocenters. The first-order valence-electron chi connectivity index (χ1n) is 9.40. The maximum absolute atomic E-state index is 12.7. The number of nitrogens with zero attached hydrogens (tertiary/aromatic N) is 1. The molecular weight excluding hydrogens is 445 g/mol. The minimum atomic E-state index is -5.29. The van der Waals surface area contributed by atoms with Crippen LogP contribution in [0.5, 0.6) is 11.5 Å². The fraction of sp³-hybridized carbons (Fsp3) is 0.238. The summed E-state index contributed by atoms with van der Waals surface area (Å²) >= 11 is 0. The lowest BCUT2D eigenvalue weighted by Crippen LogP contribution is -2.31. The Bertz CT molecular complexity index is 1070. The number of rotatable bonds is 8. The molecule has 0 heterocycles. The van der Waals surface area contributed by atoms with Crippen molar-refractivity contribution in [2.45, 2.75) is 6.18 Å². The Morgan fingerprint density at radius 3 is 2.39 bits per heavy atom. The summed E-state index contributed by atoms with van der Waals surface area (Å²) < 4.78 is 47.8. The van der Waals surface area contributed by atoms with Crippen LogP contribution in [0.2, 0.25) is 0 Å². The van der Waals surface area contributed by atoms with Crippen molar-refractivity contribution >= 4 is 23.6 Å². The Morgan fingerprint density at radius 1 is 1.09 bits per heavy atom. The molecular formula is C21H21F3N4O5. The number of esters is 1. The number of nitrogens with one attached hydrogen (secondary N) is 2. The van der Waals surface area contributed by atoms with Crippen LogP contribution in [0, 0.1) is 5.41 Å². The number of alkyl halides is 3. The number of ether oxygens (including phenoxy) is 2. The molecule has 12 heteroatoms. The van der Waals surface area contributed by atoms with Crippen LogP contribution >= 0.6 is 0 Å². The summed E-state index contributed by atoms with van der Waals surface area (Å²) in [6, 6.07) is 9.59. The number of carbonyl (C=O) groups is 3. The molecule has 176 valence electrons. The topological polar surface area (TPSA) is 135 Å². The first kappa shape index (κ1) is 25.2. The average Bonchev–Trinajstić information content (AvgIpc) is 2.75. The van der Waals surface area contributed by atoms with Crippen molar-refractivity contribution < 1.29 is 37.0 Å². The zero-order valence-corrected chi connectivity index (χ0v) is 17.7. The van der Waals surface area contributed by atoms with Crippen LogP contribution in [0.4, 0.5) is 13.2 Å². The Morgan fingerprint density at radius 2 is 1.79 bits per heavy atom. The van der Waals surface area contributed by atoms with E-state index < -0.39 is 29.7 Å². The molecule has 0 spiro atoms. The van der Waals surface area contributed by atoms with Crippen molar-refractivity contribution in [3.63, 3.8) is 0 Å². The van der Waals surface area contributed by atoms with Crippen molar-refractivity contribution in [2.24, 2.45) is 5.73 Å². The van der Waals surface area contributed by atoms with Crippen molar-refractivity contribution in [1.82, 2.24) is 10.2 Å². The van der Waals surface area contributed by atoms with Gasteiger partial charge in [-0.15, -0.1) is 0 Å². The third-order valence-corrected chi connectivity index (χ3v) is 4.11. The predicted octanol–water partition coefficient (Wildman–Crippen LogP) is 1.95. The van der Waals surface area contributed by atoms with Gasteiger partial charge in [-0.1, -0.05) is 12.1 Å². The molecule has 9 nitrogen and oxygen atoms in total. The van der Waals surface area contributed by atoms with E-state index in [1.54, 1.807) is 18.2 Å². The standard InChI is InChI=1S/C21H21F3N4O5/c1-28(2)19(30)13-6-7-15(16(11-13)33-20(31)21(22,23)24)18(29)27-8-9-32-14-5-3-4-12(10-14)17(25)26/h3-7,10-11H,8-9H2,1-2H3,(H3,25,26)(H,27,29). The van der Waals surface area contributed by atoms with Gasteiger partial charge in [-0.25, -0.2) is 4.79 Å². The van der Waals surface area contributed by atoms with Crippen LogP contribution in [-0.2, 0) is 4.79 Å². The summed E-state index contributed by atoms with van der Waals surface area (Å²) in [7, 11) is 2.85. The van der Waals surface area contributed by atoms with E-state index in [-0.39, 0.29) is 30.1 Å². The number of carbonyl (C=O) groups excluding carboxylic acids is 3. The maximum Gasteiger partial charge on any atom is 0.491 e. The van der Waals surface area contributed by atoms with Crippen LogP contribution in [-0.4, -0.2) is 61.9 Å². The lowest BCUT2D eigenvalue weighted by Gasteiger charge is -2.15. The molecule has 2 aromatic rings. The molecule has 2 amide bonds. The Labute approximate surface area is 186 Å². The molecule has 0 aliphatic rings. The monoisotopic (exact) mass is 466 g/mol. The third-order valence-electron chi connectivity index (χ3n) is 4.11. The summed E-state index contributed by atoms with van der Waals surface area (Å²) in [5.41, 5.74) is 5.40. The van der Waals surface area contributed by atoms with Gasteiger partial charge in [0.15, 0.2) is 0 Å². The second-order valence-electron chi connectivity index (χ2n) is 6.84. The van der Waals surface area contributed by atoms with Gasteiger partial charge >= 0.3 is 12.1 Å². The van der Waals surface area contributed by atoms with Gasteiger partial charge in [0.25, 0.3) is 11.8 Å². The van der Waals surface area contributed by atoms with E-state index in [9.17, 15) is 27.6 Å². The van der Waals surface area contributed by atoms with E-state index in [4.69, 9.17) is 15.9 Å². The Hall–Kier alpha value is -4.09. The lowest BCUT2D eigenvalue weighted by molar-refractivity contribution is -0.189. The Kier molecular flexibility index (Phi) is 8.00. The zero-order chi connectivity index (χ0) is 24.8. The zero-order valence-electron chi connectivity index (χ0n) is 17.7. The van der Waals surface area contributed by atoms with Crippen LogP contribution in [0.1, 0.15) is 26.3 Å². The van der Waals surface area contributed by atoms with Crippen LogP contribution in [0.3, 0.4) is 0 Å². The molecule has 0 saturated carbocycles. The van der Waals surface area contributed by atoms with Gasteiger partial charge < -0.3 is 25.4 Å². The summed E-state index contributed by atoms with van der Waals surface area (Å²) in [6.45, 7) is -0.0594. The average molecular weight is 466 g/mol. The van der Waals surface area contributed by atoms with Crippen LogP contribution in [0.15, 0.2) is 42.5 Å².